The summed E-state index contributed by atoms with van der Waals surface area (Å²) in [5, 5.41) is 34.4. The van der Waals surface area contributed by atoms with Gasteiger partial charge in [0.1, 0.15) is 6.10 Å². The number of aliphatic hydroxyl groups is 1. The fraction of sp³-hybridized carbons (Fsp3) is 0.435. The van der Waals surface area contributed by atoms with Crippen LogP contribution < -0.4 is 10.9 Å². The first-order valence-electron chi connectivity index (χ1n) is 21.0. The van der Waals surface area contributed by atoms with Gasteiger partial charge >= 0.3 is 5.97 Å². The van der Waals surface area contributed by atoms with Gasteiger partial charge in [0.25, 0.3) is 5.56 Å². The smallest absolute Gasteiger partial charge is 0.349 e. The maximum Gasteiger partial charge on any atom is 0.349 e. The number of thiophene rings is 2. The number of aryl methyl sites for hydroxylation is 1. The number of carbonyl (C=O) groups excluding carboxylic acids is 1. The Morgan fingerprint density at radius 2 is 1.67 bits per heavy atom. The van der Waals surface area contributed by atoms with Crippen molar-refractivity contribution in [2.45, 2.75) is 108 Å². The highest BCUT2D eigenvalue weighted by molar-refractivity contribution is 7.12. The molecule has 61 heavy (non-hydrogen) atoms. The molecule has 0 aliphatic heterocycles. The lowest BCUT2D eigenvalue weighted by molar-refractivity contribution is -0.169. The van der Waals surface area contributed by atoms with Gasteiger partial charge in [0.05, 0.1) is 21.4 Å². The molecule has 3 N–H and O–H groups in total. The minimum absolute atomic E-state index is 0.0107. The molecule has 12 nitrogen and oxygen atoms in total. The average molecular weight is 884 g/mol. The van der Waals surface area contributed by atoms with E-state index in [-0.39, 0.29) is 17.2 Å². The van der Waals surface area contributed by atoms with Crippen LogP contribution in [-0.4, -0.2) is 76.7 Å². The molecular formula is C46H57N5O7S2Si. The highest BCUT2D eigenvalue weighted by Gasteiger charge is 2.45. The number of hydrogen-bond donors (Lipinski definition) is 3. The van der Waals surface area contributed by atoms with Crippen LogP contribution >= 0.6 is 22.7 Å². The van der Waals surface area contributed by atoms with Crippen LogP contribution in [0, 0.1) is 0 Å². The third-order valence-corrected chi connectivity index (χ3v) is 18.8. The fourth-order valence-corrected chi connectivity index (χ4v) is 10.7. The molecule has 4 aromatic heterocycles. The molecule has 1 fully saturated rings. The number of ether oxygens (including phenoxy) is 1. The van der Waals surface area contributed by atoms with Gasteiger partial charge in [-0.15, -0.1) is 27.4 Å². The lowest BCUT2D eigenvalue weighted by atomic mass is 9.91. The molecule has 0 amide bonds. The molecule has 7 rings (SSSR count). The molecule has 15 heteroatoms. The van der Waals surface area contributed by atoms with Crippen LogP contribution in [-0.2, 0) is 32.5 Å². The molecule has 0 spiro atoms. The van der Waals surface area contributed by atoms with Crippen molar-refractivity contribution in [1.29, 1.82) is 0 Å². The van der Waals surface area contributed by atoms with Crippen molar-refractivity contribution in [3.63, 3.8) is 0 Å². The number of rotatable bonds is 17. The number of hydrogen-bond acceptors (Lipinski definition) is 13. The van der Waals surface area contributed by atoms with Gasteiger partial charge in [-0.05, 0) is 110 Å². The van der Waals surface area contributed by atoms with Gasteiger partial charge in [0.15, 0.2) is 8.32 Å². The van der Waals surface area contributed by atoms with Gasteiger partial charge < -0.3 is 34.2 Å². The van der Waals surface area contributed by atoms with E-state index in [2.05, 4.69) is 68.4 Å². The summed E-state index contributed by atoms with van der Waals surface area (Å²) >= 11 is 2.70. The Bertz CT molecular complexity index is 2380. The third-order valence-electron chi connectivity index (χ3n) is 12.4. The number of nitrogens with zero attached hydrogens (tertiary/aromatic N) is 4. The zero-order valence-corrected chi connectivity index (χ0v) is 38.4. The van der Waals surface area contributed by atoms with E-state index in [1.54, 1.807) is 24.3 Å². The van der Waals surface area contributed by atoms with Gasteiger partial charge in [-0.25, -0.2) is 4.79 Å². The van der Waals surface area contributed by atoms with E-state index in [4.69, 9.17) is 18.7 Å². The predicted octanol–water partition coefficient (Wildman–Crippen LogP) is 8.92. The maximum absolute atomic E-state index is 13.4. The second kappa shape index (κ2) is 18.9. The molecule has 1 saturated carbocycles. The van der Waals surface area contributed by atoms with Crippen molar-refractivity contribution >= 4 is 47.9 Å². The second-order valence-electron chi connectivity index (χ2n) is 17.6. The molecule has 6 aromatic rings. The first-order valence-corrected chi connectivity index (χ1v) is 25.7. The number of aromatic nitrogens is 3. The van der Waals surface area contributed by atoms with Crippen LogP contribution in [0.4, 0.5) is 0 Å². The third kappa shape index (κ3) is 10.1. The fourth-order valence-electron chi connectivity index (χ4n) is 7.70. The number of esters is 1. The standard InChI is InChI=1S/C46H57N5O7S2Si/c1-45(2,3)61(5,6)58-38(36-11-7-12-37-35(36)24-25-42(52)51(37)55)30-47-29-31-16-18-32(19-17-31)43-48-41(57-49-43)15-8-26-50(4)33-20-22-34(23-21-33)56-44(53)46(54,39-13-9-27-59-39)40-14-10-28-60-40/h7,9-14,16-19,24-25,27-28,33-34,38,47,54-55H,8,15,20-23,26,29-30H2,1-6H3/t33?,34?,38-/m0/s1. The molecule has 0 radical (unpaired) electrons. The molecule has 4 heterocycles. The van der Waals surface area contributed by atoms with E-state index >= 15 is 0 Å². The SMILES string of the molecule is CN(CCCc1nc(-c2ccc(CNC[C@H](O[Si](C)(C)C(C)(C)C)c3cccc4c3ccc(=O)n4O)cc2)no1)C1CCC(OC(=O)C(O)(c2cccs2)c2cccs2)CC1. The molecule has 0 unspecified atom stereocenters. The Labute approximate surface area is 366 Å². The average Bonchev–Trinajstić information content (AvgIpc) is 4.07. The number of carbonyl (C=O) groups is 1. The molecule has 1 atom stereocenters. The molecule has 1 aliphatic rings. The van der Waals surface area contributed by atoms with E-state index in [0.717, 1.165) is 60.7 Å². The van der Waals surface area contributed by atoms with Crippen LogP contribution in [0.2, 0.25) is 18.1 Å². The van der Waals surface area contributed by atoms with E-state index < -0.39 is 25.4 Å². The quantitative estimate of drug-likeness (QED) is 0.0458. The van der Waals surface area contributed by atoms with Crippen LogP contribution in [0.15, 0.2) is 98.9 Å². The Morgan fingerprint density at radius 3 is 2.31 bits per heavy atom. The molecule has 2 aromatic carbocycles. The summed E-state index contributed by atoms with van der Waals surface area (Å²) in [6.07, 6.45) is 4.33. The molecule has 0 bridgehead atoms. The first kappa shape index (κ1) is 44.6. The normalized spacial score (nSPS) is 16.9. The largest absolute Gasteiger partial charge is 0.460 e. The number of nitrogens with one attached hydrogen (secondary N) is 1. The van der Waals surface area contributed by atoms with Crippen molar-refractivity contribution < 1.29 is 28.8 Å². The topological polar surface area (TPSA) is 152 Å². The summed E-state index contributed by atoms with van der Waals surface area (Å²) in [7, 11) is -0.0605. The summed E-state index contributed by atoms with van der Waals surface area (Å²) in [4.78, 5) is 33.8. The zero-order chi connectivity index (χ0) is 43.4. The Balaban J connectivity index is 0.878. The van der Waals surface area contributed by atoms with Crippen LogP contribution in [0.3, 0.4) is 0 Å². The summed E-state index contributed by atoms with van der Waals surface area (Å²) in [5.74, 6) is 0.562. The minimum Gasteiger partial charge on any atom is -0.460 e. The van der Waals surface area contributed by atoms with Gasteiger partial charge in [0.2, 0.25) is 17.3 Å². The van der Waals surface area contributed by atoms with Crippen molar-refractivity contribution in [2.24, 2.45) is 0 Å². The zero-order valence-electron chi connectivity index (χ0n) is 35.8. The number of benzene rings is 2. The molecule has 0 saturated heterocycles. The maximum atomic E-state index is 13.4. The first-order chi connectivity index (χ1) is 29.1. The summed E-state index contributed by atoms with van der Waals surface area (Å²) < 4.78 is 19.3. The van der Waals surface area contributed by atoms with E-state index in [0.29, 0.717) is 57.3 Å². The van der Waals surface area contributed by atoms with Gasteiger partial charge in [-0.2, -0.15) is 4.98 Å². The summed E-state index contributed by atoms with van der Waals surface area (Å²) in [5.41, 5.74) is 1.09. The van der Waals surface area contributed by atoms with Crippen LogP contribution in [0.1, 0.15) is 85.8 Å². The van der Waals surface area contributed by atoms with Gasteiger partial charge in [-0.1, -0.05) is 74.5 Å². The highest BCUT2D eigenvalue weighted by Crippen LogP contribution is 2.41. The predicted molar refractivity (Wildman–Crippen MR) is 243 cm³/mol. The van der Waals surface area contributed by atoms with Gasteiger partial charge in [0, 0.05) is 42.6 Å². The summed E-state index contributed by atoms with van der Waals surface area (Å²) in [6, 6.07) is 24.5. The lowest BCUT2D eigenvalue weighted by Crippen LogP contribution is -2.43. The van der Waals surface area contributed by atoms with E-state index in [1.807, 2.05) is 47.2 Å². The van der Waals surface area contributed by atoms with Crippen LogP contribution in [0.5, 0.6) is 0 Å². The van der Waals surface area contributed by atoms with Crippen molar-refractivity contribution in [3.05, 3.63) is 127 Å². The Hall–Kier alpha value is -4.48. The van der Waals surface area contributed by atoms with Crippen molar-refractivity contribution in [2.75, 3.05) is 20.1 Å². The monoisotopic (exact) mass is 883 g/mol. The Morgan fingerprint density at radius 1 is 0.984 bits per heavy atom. The van der Waals surface area contributed by atoms with Crippen molar-refractivity contribution in [1.82, 2.24) is 25.1 Å². The lowest BCUT2D eigenvalue weighted by Gasteiger charge is -2.39. The van der Waals surface area contributed by atoms with Crippen LogP contribution in [0.25, 0.3) is 22.3 Å². The second-order valence-corrected chi connectivity index (χ2v) is 24.2. The highest BCUT2D eigenvalue weighted by atomic mass is 32.1. The minimum atomic E-state index is -2.20. The Kier molecular flexibility index (Phi) is 13.8. The molecular weight excluding hydrogens is 827 g/mol. The number of fused-ring (bicyclic) bond motifs is 1. The molecule has 324 valence electrons. The van der Waals surface area contributed by atoms with Crippen molar-refractivity contribution in [3.8, 4) is 11.4 Å². The van der Waals surface area contributed by atoms with E-state index in [1.165, 1.54) is 28.7 Å². The summed E-state index contributed by atoms with van der Waals surface area (Å²) in [6.45, 7) is 13.1. The van der Waals surface area contributed by atoms with E-state index in [9.17, 15) is 19.9 Å². The van der Waals surface area contributed by atoms with Gasteiger partial charge in [-0.3, -0.25) is 4.79 Å². The molecule has 1 aliphatic carbocycles. The number of pyridine rings is 1.